The van der Waals surface area contributed by atoms with E-state index in [1.165, 1.54) is 0 Å². The number of rotatable bonds is 3. The molecule has 6 nitrogen and oxygen atoms in total. The highest BCUT2D eigenvalue weighted by Gasteiger charge is 2.41. The van der Waals surface area contributed by atoms with Crippen LogP contribution in [0.2, 0.25) is 0 Å². The molecule has 1 saturated heterocycles. The quantitative estimate of drug-likeness (QED) is 0.668. The van der Waals surface area contributed by atoms with Crippen LogP contribution in [0.4, 0.5) is 11.4 Å². The molecule has 1 N–H and O–H groups in total. The van der Waals surface area contributed by atoms with Gasteiger partial charge in [0.2, 0.25) is 0 Å². The van der Waals surface area contributed by atoms with E-state index in [4.69, 9.17) is 9.47 Å². The van der Waals surface area contributed by atoms with Crippen molar-refractivity contribution in [3.05, 3.63) is 63.7 Å². The first-order valence-electron chi connectivity index (χ1n) is 8.48. The van der Waals surface area contributed by atoms with Gasteiger partial charge in [0.15, 0.2) is 0 Å². The Hall–Kier alpha value is -2.60. The highest BCUT2D eigenvalue weighted by Crippen LogP contribution is 2.50. The molecule has 130 valence electrons. The monoisotopic (exact) mass is 340 g/mol. The van der Waals surface area contributed by atoms with Gasteiger partial charge in [-0.05, 0) is 31.0 Å². The van der Waals surface area contributed by atoms with Crippen LogP contribution >= 0.6 is 0 Å². The number of hydrogen-bond acceptors (Lipinski definition) is 5. The van der Waals surface area contributed by atoms with Gasteiger partial charge in [0.1, 0.15) is 5.75 Å². The lowest BCUT2D eigenvalue weighted by atomic mass is 9.77. The molecular formula is C19H20N2O4. The summed E-state index contributed by atoms with van der Waals surface area (Å²) in [7, 11) is 1.65. The van der Waals surface area contributed by atoms with Gasteiger partial charge in [0.25, 0.3) is 5.69 Å². The van der Waals surface area contributed by atoms with Crippen molar-refractivity contribution < 1.29 is 14.4 Å². The third-order valence-corrected chi connectivity index (χ3v) is 5.14. The maximum absolute atomic E-state index is 11.5. The number of nitrogens with zero attached hydrogens (tertiary/aromatic N) is 1. The number of fused-ring (bicyclic) bond motifs is 3. The predicted molar refractivity (Wildman–Crippen MR) is 93.9 cm³/mol. The summed E-state index contributed by atoms with van der Waals surface area (Å²) >= 11 is 0. The van der Waals surface area contributed by atoms with Crippen LogP contribution in [-0.2, 0) is 4.74 Å². The summed E-state index contributed by atoms with van der Waals surface area (Å²) in [5, 5.41) is 15.0. The lowest BCUT2D eigenvalue weighted by molar-refractivity contribution is -0.385. The van der Waals surface area contributed by atoms with Crippen LogP contribution in [0.5, 0.6) is 5.75 Å². The average Bonchev–Trinajstić information content (AvgIpc) is 2.67. The third-order valence-electron chi connectivity index (χ3n) is 5.14. The number of benzene rings is 2. The van der Waals surface area contributed by atoms with Gasteiger partial charge in [-0.3, -0.25) is 10.1 Å². The summed E-state index contributed by atoms with van der Waals surface area (Å²) in [6.45, 7) is 0.710. The van der Waals surface area contributed by atoms with Crippen molar-refractivity contribution in [1.29, 1.82) is 0 Å². The smallest absolute Gasteiger partial charge is 0.274 e. The highest BCUT2D eigenvalue weighted by atomic mass is 16.6. The van der Waals surface area contributed by atoms with Crippen molar-refractivity contribution in [3.8, 4) is 5.75 Å². The minimum atomic E-state index is -0.306. The van der Waals surface area contributed by atoms with Crippen molar-refractivity contribution in [3.63, 3.8) is 0 Å². The SMILES string of the molecule is COc1ccc2c(c1)[C@@H]1OCCC[C@@H]1[C@H](c1ccccc1[N+](=O)[O-])N2. The van der Waals surface area contributed by atoms with E-state index in [9.17, 15) is 10.1 Å². The topological polar surface area (TPSA) is 73.6 Å². The van der Waals surface area contributed by atoms with Crippen molar-refractivity contribution in [2.75, 3.05) is 19.0 Å². The molecule has 0 radical (unpaired) electrons. The Bertz CT molecular complexity index is 808. The molecule has 0 bridgehead atoms. The van der Waals surface area contributed by atoms with E-state index < -0.39 is 0 Å². The van der Waals surface area contributed by atoms with Crippen LogP contribution in [0, 0.1) is 16.0 Å². The summed E-state index contributed by atoms with van der Waals surface area (Å²) in [5.74, 6) is 0.937. The summed E-state index contributed by atoms with van der Waals surface area (Å²) in [5.41, 5.74) is 2.89. The van der Waals surface area contributed by atoms with Crippen molar-refractivity contribution in [2.45, 2.75) is 25.0 Å². The lowest BCUT2D eigenvalue weighted by Gasteiger charge is -2.43. The van der Waals surface area contributed by atoms with Crippen molar-refractivity contribution >= 4 is 11.4 Å². The Balaban J connectivity index is 1.81. The lowest BCUT2D eigenvalue weighted by Crippen LogP contribution is -2.36. The molecule has 2 aliphatic heterocycles. The molecule has 0 saturated carbocycles. The molecule has 3 atom stereocenters. The van der Waals surface area contributed by atoms with Crippen LogP contribution in [0.25, 0.3) is 0 Å². The maximum atomic E-state index is 11.5. The molecule has 0 aromatic heterocycles. The van der Waals surface area contributed by atoms with Gasteiger partial charge < -0.3 is 14.8 Å². The second kappa shape index (κ2) is 6.37. The molecule has 4 rings (SSSR count). The van der Waals surface area contributed by atoms with Crippen molar-refractivity contribution in [2.24, 2.45) is 5.92 Å². The minimum absolute atomic E-state index is 0.0788. The Morgan fingerprint density at radius 2 is 2.08 bits per heavy atom. The molecule has 0 unspecified atom stereocenters. The molecule has 2 aliphatic rings. The van der Waals surface area contributed by atoms with Gasteiger partial charge in [-0.1, -0.05) is 18.2 Å². The number of para-hydroxylation sites is 1. The number of nitro groups is 1. The van der Waals surface area contributed by atoms with Gasteiger partial charge in [-0.2, -0.15) is 0 Å². The second-order valence-corrected chi connectivity index (χ2v) is 6.49. The van der Waals surface area contributed by atoms with Crippen LogP contribution in [0.15, 0.2) is 42.5 Å². The fraction of sp³-hybridized carbons (Fsp3) is 0.368. The Labute approximate surface area is 145 Å². The fourth-order valence-electron chi connectivity index (χ4n) is 4.00. The average molecular weight is 340 g/mol. The van der Waals surface area contributed by atoms with E-state index in [2.05, 4.69) is 5.32 Å². The normalized spacial score (nSPS) is 24.6. The van der Waals surface area contributed by atoms with Crippen LogP contribution in [-0.4, -0.2) is 18.6 Å². The number of methoxy groups -OCH3 is 1. The molecule has 0 spiro atoms. The van der Waals surface area contributed by atoms with E-state index >= 15 is 0 Å². The molecule has 2 aromatic carbocycles. The number of hydrogen-bond donors (Lipinski definition) is 1. The number of anilines is 1. The third kappa shape index (κ3) is 2.72. The number of nitrogens with one attached hydrogen (secondary N) is 1. The zero-order valence-electron chi connectivity index (χ0n) is 14.0. The molecule has 2 heterocycles. The largest absolute Gasteiger partial charge is 0.497 e. The van der Waals surface area contributed by atoms with E-state index in [0.717, 1.165) is 35.4 Å². The molecule has 25 heavy (non-hydrogen) atoms. The summed E-state index contributed by atoms with van der Waals surface area (Å²) in [4.78, 5) is 11.2. The van der Waals surface area contributed by atoms with E-state index in [1.54, 1.807) is 19.2 Å². The van der Waals surface area contributed by atoms with Gasteiger partial charge in [0, 0.05) is 29.8 Å². The summed E-state index contributed by atoms with van der Waals surface area (Å²) in [6.07, 6.45) is 1.84. The van der Waals surface area contributed by atoms with Gasteiger partial charge in [-0.25, -0.2) is 0 Å². The Kier molecular flexibility index (Phi) is 4.05. The van der Waals surface area contributed by atoms with E-state index in [1.807, 2.05) is 30.3 Å². The minimum Gasteiger partial charge on any atom is -0.497 e. The first kappa shape index (κ1) is 15.9. The van der Waals surface area contributed by atoms with Crippen LogP contribution in [0.3, 0.4) is 0 Å². The zero-order chi connectivity index (χ0) is 17.4. The van der Waals surface area contributed by atoms with Crippen molar-refractivity contribution in [1.82, 2.24) is 0 Å². The van der Waals surface area contributed by atoms with E-state index in [0.29, 0.717) is 6.61 Å². The maximum Gasteiger partial charge on any atom is 0.274 e. The van der Waals surface area contributed by atoms with Gasteiger partial charge in [0.05, 0.1) is 29.7 Å². The van der Waals surface area contributed by atoms with Crippen LogP contribution in [0.1, 0.15) is 36.1 Å². The molecule has 1 fully saturated rings. The zero-order valence-corrected chi connectivity index (χ0v) is 14.0. The molecule has 2 aromatic rings. The highest BCUT2D eigenvalue weighted by molar-refractivity contribution is 5.61. The number of ether oxygens (including phenoxy) is 2. The first-order valence-corrected chi connectivity index (χ1v) is 8.48. The second-order valence-electron chi connectivity index (χ2n) is 6.49. The Morgan fingerprint density at radius 1 is 1.24 bits per heavy atom. The molecule has 6 heteroatoms. The summed E-state index contributed by atoms with van der Waals surface area (Å²) < 4.78 is 11.4. The van der Waals surface area contributed by atoms with Crippen LogP contribution < -0.4 is 10.1 Å². The summed E-state index contributed by atoms with van der Waals surface area (Å²) in [6, 6.07) is 12.7. The Morgan fingerprint density at radius 3 is 2.88 bits per heavy atom. The first-order chi connectivity index (χ1) is 12.2. The molecule has 0 amide bonds. The standard InChI is InChI=1S/C19H20N2O4/c1-24-12-8-9-16-15(11-12)19-14(6-4-10-25-19)18(20-16)13-5-2-3-7-17(13)21(22)23/h2-3,5,7-9,11,14,18-20H,4,6,10H2,1H3/t14-,18+,19-/m1/s1. The fourth-order valence-corrected chi connectivity index (χ4v) is 4.00. The predicted octanol–water partition coefficient (Wildman–Crippen LogP) is 4.24. The molecule has 0 aliphatic carbocycles. The van der Waals surface area contributed by atoms with E-state index in [-0.39, 0.29) is 28.7 Å². The van der Waals surface area contributed by atoms with Gasteiger partial charge in [-0.15, -0.1) is 0 Å². The molecular weight excluding hydrogens is 320 g/mol. The number of nitro benzene ring substituents is 1. The van der Waals surface area contributed by atoms with Gasteiger partial charge >= 0.3 is 0 Å².